The summed E-state index contributed by atoms with van der Waals surface area (Å²) in [7, 11) is 0. The van der Waals surface area contributed by atoms with E-state index in [2.05, 4.69) is 20.6 Å². The Bertz CT molecular complexity index is 718. The first kappa shape index (κ1) is 13.1. The number of hydrogen-bond donors (Lipinski definition) is 2. The maximum atomic E-state index is 12.2. The number of hydrogen-bond acceptors (Lipinski definition) is 5. The molecule has 6 nitrogen and oxygen atoms in total. The molecule has 1 fully saturated rings. The van der Waals surface area contributed by atoms with Crippen molar-refractivity contribution in [2.45, 2.75) is 18.9 Å². The molecule has 2 aromatic rings. The van der Waals surface area contributed by atoms with E-state index in [1.54, 1.807) is 30.3 Å². The Labute approximate surface area is 121 Å². The highest BCUT2D eigenvalue weighted by atomic mass is 16.1. The van der Waals surface area contributed by atoms with Gasteiger partial charge in [-0.15, -0.1) is 0 Å². The van der Waals surface area contributed by atoms with E-state index in [0.717, 1.165) is 12.8 Å². The van der Waals surface area contributed by atoms with Gasteiger partial charge in [-0.1, -0.05) is 12.1 Å². The van der Waals surface area contributed by atoms with Gasteiger partial charge in [-0.3, -0.25) is 4.79 Å². The van der Waals surface area contributed by atoms with E-state index in [0.29, 0.717) is 23.1 Å². The molecule has 0 atom stereocenters. The minimum atomic E-state index is -0.362. The van der Waals surface area contributed by atoms with Gasteiger partial charge in [-0.25, -0.2) is 9.97 Å². The number of anilines is 2. The number of nitrogens with one attached hydrogen (secondary N) is 2. The highest BCUT2D eigenvalue weighted by molar-refractivity contribution is 6.03. The number of nitriles is 1. The number of amides is 1. The fraction of sp³-hybridized carbons (Fsp3) is 0.200. The predicted octanol–water partition coefficient (Wildman–Crippen LogP) is 2.17. The topological polar surface area (TPSA) is 90.7 Å². The summed E-state index contributed by atoms with van der Waals surface area (Å²) in [6, 6.07) is 10.9. The molecule has 0 spiro atoms. The van der Waals surface area contributed by atoms with Crippen molar-refractivity contribution in [3.8, 4) is 6.07 Å². The van der Waals surface area contributed by atoms with Crippen LogP contribution in [0.3, 0.4) is 0 Å². The Hall–Kier alpha value is -2.94. The molecule has 1 heterocycles. The highest BCUT2D eigenvalue weighted by Gasteiger charge is 2.21. The lowest BCUT2D eigenvalue weighted by atomic mass is 10.2. The Balaban J connectivity index is 1.77. The zero-order valence-electron chi connectivity index (χ0n) is 11.2. The zero-order valence-corrected chi connectivity index (χ0v) is 11.2. The maximum absolute atomic E-state index is 12.2. The standard InChI is InChI=1S/C15H13N5O/c16-8-10-3-1-2-4-12(10)20-15(21)13-7-14(18-9-17-13)19-11-5-6-11/h1-4,7,9,11H,5-6H2,(H,20,21)(H,17,18,19). The van der Waals surface area contributed by atoms with Crippen molar-refractivity contribution >= 4 is 17.4 Å². The summed E-state index contributed by atoms with van der Waals surface area (Å²) in [4.78, 5) is 20.3. The number of benzene rings is 1. The van der Waals surface area contributed by atoms with E-state index < -0.39 is 0 Å². The number of carbonyl (C=O) groups excluding carboxylic acids is 1. The molecule has 1 aliphatic rings. The summed E-state index contributed by atoms with van der Waals surface area (Å²) in [5.41, 5.74) is 1.15. The molecule has 0 bridgehead atoms. The highest BCUT2D eigenvalue weighted by Crippen LogP contribution is 2.23. The van der Waals surface area contributed by atoms with Crippen LogP contribution in [-0.2, 0) is 0 Å². The van der Waals surface area contributed by atoms with Gasteiger partial charge in [0.1, 0.15) is 23.9 Å². The minimum absolute atomic E-state index is 0.265. The Morgan fingerprint density at radius 3 is 2.86 bits per heavy atom. The van der Waals surface area contributed by atoms with Gasteiger partial charge in [0.05, 0.1) is 11.3 Å². The van der Waals surface area contributed by atoms with E-state index in [9.17, 15) is 4.79 Å². The third-order valence-electron chi connectivity index (χ3n) is 3.12. The summed E-state index contributed by atoms with van der Waals surface area (Å²) >= 11 is 0. The van der Waals surface area contributed by atoms with Gasteiger partial charge >= 0.3 is 0 Å². The second-order valence-corrected chi connectivity index (χ2v) is 4.82. The molecule has 1 aliphatic carbocycles. The maximum Gasteiger partial charge on any atom is 0.274 e. The second kappa shape index (κ2) is 5.59. The smallest absolute Gasteiger partial charge is 0.274 e. The monoisotopic (exact) mass is 279 g/mol. The van der Waals surface area contributed by atoms with Crippen LogP contribution in [0.15, 0.2) is 36.7 Å². The number of nitrogens with zero attached hydrogens (tertiary/aromatic N) is 3. The third-order valence-corrected chi connectivity index (χ3v) is 3.12. The quantitative estimate of drug-likeness (QED) is 0.895. The van der Waals surface area contributed by atoms with Crippen LogP contribution in [0.5, 0.6) is 0 Å². The Morgan fingerprint density at radius 2 is 2.10 bits per heavy atom. The SMILES string of the molecule is N#Cc1ccccc1NC(=O)c1cc(NC2CC2)ncn1. The number of carbonyl (C=O) groups is 1. The summed E-state index contributed by atoms with van der Waals surface area (Å²) in [5, 5.41) is 14.9. The van der Waals surface area contributed by atoms with Crippen LogP contribution in [-0.4, -0.2) is 21.9 Å². The normalized spacial score (nSPS) is 13.3. The molecule has 21 heavy (non-hydrogen) atoms. The van der Waals surface area contributed by atoms with E-state index in [-0.39, 0.29) is 11.6 Å². The van der Waals surface area contributed by atoms with Gasteiger partial charge in [-0.05, 0) is 25.0 Å². The first-order valence-electron chi connectivity index (χ1n) is 6.65. The molecule has 0 aliphatic heterocycles. The lowest BCUT2D eigenvalue weighted by Crippen LogP contribution is -2.15. The first-order chi connectivity index (χ1) is 10.3. The van der Waals surface area contributed by atoms with E-state index in [1.807, 2.05) is 6.07 Å². The van der Waals surface area contributed by atoms with Gasteiger partial charge in [0, 0.05) is 12.1 Å². The summed E-state index contributed by atoms with van der Waals surface area (Å²) < 4.78 is 0. The fourth-order valence-electron chi connectivity index (χ4n) is 1.87. The van der Waals surface area contributed by atoms with Crippen LogP contribution in [0.1, 0.15) is 28.9 Å². The molecule has 3 rings (SSSR count). The lowest BCUT2D eigenvalue weighted by molar-refractivity contribution is 0.102. The van der Waals surface area contributed by atoms with Gasteiger partial charge in [0.25, 0.3) is 5.91 Å². The molecule has 2 N–H and O–H groups in total. The summed E-state index contributed by atoms with van der Waals surface area (Å²) in [6.45, 7) is 0. The van der Waals surface area contributed by atoms with Gasteiger partial charge < -0.3 is 10.6 Å². The Morgan fingerprint density at radius 1 is 1.29 bits per heavy atom. The third kappa shape index (κ3) is 3.15. The lowest BCUT2D eigenvalue weighted by Gasteiger charge is -2.07. The van der Waals surface area contributed by atoms with E-state index >= 15 is 0 Å². The van der Waals surface area contributed by atoms with Crippen molar-refractivity contribution in [2.24, 2.45) is 0 Å². The molecule has 1 aromatic heterocycles. The van der Waals surface area contributed by atoms with Gasteiger partial charge in [0.15, 0.2) is 0 Å². The van der Waals surface area contributed by atoms with Crippen molar-refractivity contribution < 1.29 is 4.79 Å². The number of rotatable bonds is 4. The number of aromatic nitrogens is 2. The van der Waals surface area contributed by atoms with Crippen LogP contribution >= 0.6 is 0 Å². The van der Waals surface area contributed by atoms with Crippen LogP contribution in [0, 0.1) is 11.3 Å². The van der Waals surface area contributed by atoms with E-state index in [1.165, 1.54) is 6.33 Å². The second-order valence-electron chi connectivity index (χ2n) is 4.82. The summed E-state index contributed by atoms with van der Waals surface area (Å²) in [6.07, 6.45) is 3.61. The van der Waals surface area contributed by atoms with Crippen molar-refractivity contribution in [1.82, 2.24) is 9.97 Å². The largest absolute Gasteiger partial charge is 0.367 e. The van der Waals surface area contributed by atoms with E-state index in [4.69, 9.17) is 5.26 Å². The molecule has 1 saturated carbocycles. The van der Waals surface area contributed by atoms with Crippen LogP contribution in [0.2, 0.25) is 0 Å². The van der Waals surface area contributed by atoms with Crippen molar-refractivity contribution in [3.63, 3.8) is 0 Å². The molecular formula is C15H13N5O. The molecule has 1 amide bonds. The van der Waals surface area contributed by atoms with Gasteiger partial charge in [0.2, 0.25) is 0 Å². The molecule has 0 saturated heterocycles. The van der Waals surface area contributed by atoms with Gasteiger partial charge in [-0.2, -0.15) is 5.26 Å². The molecule has 0 radical (unpaired) electrons. The molecular weight excluding hydrogens is 266 g/mol. The Kier molecular flexibility index (Phi) is 3.48. The average Bonchev–Trinajstić information content (AvgIpc) is 3.32. The summed E-state index contributed by atoms with van der Waals surface area (Å²) in [5.74, 6) is 0.283. The van der Waals surface area contributed by atoms with Crippen LogP contribution in [0.4, 0.5) is 11.5 Å². The molecule has 6 heteroatoms. The van der Waals surface area contributed by atoms with Crippen molar-refractivity contribution in [3.05, 3.63) is 47.9 Å². The molecule has 104 valence electrons. The van der Waals surface area contributed by atoms with Crippen LogP contribution < -0.4 is 10.6 Å². The fourth-order valence-corrected chi connectivity index (χ4v) is 1.87. The minimum Gasteiger partial charge on any atom is -0.367 e. The average molecular weight is 279 g/mol. The zero-order chi connectivity index (χ0) is 14.7. The van der Waals surface area contributed by atoms with Crippen LogP contribution in [0.25, 0.3) is 0 Å². The number of para-hydroxylation sites is 1. The van der Waals surface area contributed by atoms with Crippen molar-refractivity contribution in [2.75, 3.05) is 10.6 Å². The van der Waals surface area contributed by atoms with Crippen molar-refractivity contribution in [1.29, 1.82) is 5.26 Å². The molecule has 0 unspecified atom stereocenters. The predicted molar refractivity (Wildman–Crippen MR) is 77.8 cm³/mol. The molecule has 1 aromatic carbocycles. The first-order valence-corrected chi connectivity index (χ1v) is 6.65.